The fourth-order valence-electron chi connectivity index (χ4n) is 7.48. The number of carbonyl (C=O) groups is 3. The van der Waals surface area contributed by atoms with E-state index in [1.165, 1.54) is 25.2 Å². The summed E-state index contributed by atoms with van der Waals surface area (Å²) >= 11 is 0. The number of nitrogens with one attached hydrogen (secondary N) is 2. The summed E-state index contributed by atoms with van der Waals surface area (Å²) in [4.78, 5) is 56.2. The third-order valence-electron chi connectivity index (χ3n) is 10.3. The van der Waals surface area contributed by atoms with Gasteiger partial charge in [-0.3, -0.25) is 9.59 Å². The number of benzene rings is 1. The third kappa shape index (κ3) is 7.64. The molecule has 1 aromatic carbocycles. The number of methoxy groups -OCH3 is 2. The molecule has 2 atom stereocenters. The van der Waals surface area contributed by atoms with Gasteiger partial charge in [-0.2, -0.15) is 0 Å². The van der Waals surface area contributed by atoms with Crippen molar-refractivity contribution in [1.29, 1.82) is 0 Å². The standard InChI is InChI=1S/C41H45FN8O7/c1-6-11-48(40(53)41(54)56-5)20-37-43-18-30(45-37)24-9-10-32-26(13-24)16-34-27(21-51)28(42)14-25(15-35(50(32)34)36-17-29(23(2)3)47-57-36)31-19-44-39(46-31)33-8-7-12-49(33)38(52)22-55-4/h9-10,13-19,21,23,33,35,51H,6-8,11-12,20,22H2,1-5H3,(H,43,45)(H,44,46)/b25-15+,27-21-,28-14+. The molecule has 2 amide bonds. The fourth-order valence-corrected chi connectivity index (χ4v) is 7.48. The van der Waals surface area contributed by atoms with E-state index in [0.29, 0.717) is 71.5 Å². The maximum absolute atomic E-state index is 16.4. The maximum Gasteiger partial charge on any atom is 0.396 e. The molecule has 0 radical (unpaired) electrons. The summed E-state index contributed by atoms with van der Waals surface area (Å²) in [5.74, 6) is -0.883. The molecule has 298 valence electrons. The molecule has 2 unspecified atom stereocenters. The number of rotatable bonds is 11. The Morgan fingerprint density at radius 1 is 1.12 bits per heavy atom. The van der Waals surface area contributed by atoms with Crippen LogP contribution in [0.5, 0.6) is 0 Å². The number of hydrogen-bond donors (Lipinski definition) is 3. The number of aliphatic hydroxyl groups is 1. The number of imidazole rings is 2. The van der Waals surface area contributed by atoms with Gasteiger partial charge in [-0.05, 0) is 55.5 Å². The smallest absolute Gasteiger partial charge is 0.396 e. The van der Waals surface area contributed by atoms with Crippen LogP contribution in [0.15, 0.2) is 71.5 Å². The monoisotopic (exact) mass is 780 g/mol. The Hall–Kier alpha value is -6.29. The van der Waals surface area contributed by atoms with Crippen molar-refractivity contribution in [1.82, 2.24) is 39.5 Å². The van der Waals surface area contributed by atoms with E-state index in [2.05, 4.69) is 29.8 Å². The zero-order valence-electron chi connectivity index (χ0n) is 32.4. The predicted octanol–water partition coefficient (Wildman–Crippen LogP) is 6.53. The molecule has 5 aromatic rings. The largest absolute Gasteiger partial charge is 0.515 e. The van der Waals surface area contributed by atoms with Crippen molar-refractivity contribution in [3.63, 3.8) is 0 Å². The van der Waals surface area contributed by atoms with Crippen LogP contribution in [0.3, 0.4) is 0 Å². The first-order chi connectivity index (χ1) is 27.5. The molecule has 1 fully saturated rings. The zero-order valence-corrected chi connectivity index (χ0v) is 32.4. The van der Waals surface area contributed by atoms with Gasteiger partial charge in [0.15, 0.2) is 5.76 Å². The average molecular weight is 781 g/mol. The van der Waals surface area contributed by atoms with Crippen LogP contribution in [0.25, 0.3) is 33.3 Å². The molecule has 6 heterocycles. The summed E-state index contributed by atoms with van der Waals surface area (Å²) in [7, 11) is 2.65. The Labute approximate surface area is 327 Å². The lowest BCUT2D eigenvalue weighted by Gasteiger charge is -2.23. The van der Waals surface area contributed by atoms with Crippen molar-refractivity contribution >= 4 is 39.8 Å². The van der Waals surface area contributed by atoms with Gasteiger partial charge in [0.1, 0.15) is 30.1 Å². The van der Waals surface area contributed by atoms with E-state index in [4.69, 9.17) is 9.26 Å². The fraction of sp³-hybridized carbons (Fsp3) is 0.366. The molecule has 0 aliphatic carbocycles. The van der Waals surface area contributed by atoms with Gasteiger partial charge in [-0.25, -0.2) is 19.2 Å². The number of ether oxygens (including phenoxy) is 2. The number of likely N-dealkylation sites (tertiary alicyclic amines) is 1. The number of esters is 1. The molecule has 2 aliphatic rings. The number of aromatic nitrogens is 6. The molecular weight excluding hydrogens is 735 g/mol. The number of aliphatic hydroxyl groups excluding tert-OH is 1. The number of hydrogen-bond acceptors (Lipinski definition) is 10. The summed E-state index contributed by atoms with van der Waals surface area (Å²) in [6.07, 6.45) is 9.40. The van der Waals surface area contributed by atoms with Gasteiger partial charge in [-0.1, -0.05) is 32.0 Å². The molecule has 15 nitrogen and oxygen atoms in total. The van der Waals surface area contributed by atoms with Gasteiger partial charge in [0.05, 0.1) is 66.7 Å². The number of halogens is 1. The quantitative estimate of drug-likeness (QED) is 0.0757. The lowest BCUT2D eigenvalue weighted by atomic mass is 10.0. The van der Waals surface area contributed by atoms with Crippen molar-refractivity contribution in [2.75, 3.05) is 33.9 Å². The molecule has 7 rings (SSSR count). The molecule has 0 spiro atoms. The van der Waals surface area contributed by atoms with Crippen LogP contribution >= 0.6 is 0 Å². The van der Waals surface area contributed by atoms with Crippen LogP contribution in [0, 0.1) is 0 Å². The molecule has 4 aromatic heterocycles. The Morgan fingerprint density at radius 2 is 1.93 bits per heavy atom. The topological polar surface area (TPSA) is 185 Å². The summed E-state index contributed by atoms with van der Waals surface area (Å²) in [5, 5.41) is 15.7. The lowest BCUT2D eigenvalue weighted by Crippen LogP contribution is -2.37. The van der Waals surface area contributed by atoms with E-state index >= 15 is 4.39 Å². The number of allylic oxidation sites excluding steroid dienone is 5. The minimum absolute atomic E-state index is 0.0350. The van der Waals surface area contributed by atoms with Crippen molar-refractivity contribution in [3.05, 3.63) is 101 Å². The van der Waals surface area contributed by atoms with Crippen LogP contribution < -0.4 is 0 Å². The number of carbonyl (C=O) groups excluding carboxylic acids is 3. The maximum atomic E-state index is 16.4. The highest BCUT2D eigenvalue weighted by molar-refractivity contribution is 6.32. The first-order valence-electron chi connectivity index (χ1n) is 18.9. The van der Waals surface area contributed by atoms with Crippen LogP contribution in [0.4, 0.5) is 4.39 Å². The summed E-state index contributed by atoms with van der Waals surface area (Å²) < 4.78 is 34.1. The van der Waals surface area contributed by atoms with E-state index in [1.54, 1.807) is 23.4 Å². The van der Waals surface area contributed by atoms with Crippen molar-refractivity contribution < 1.29 is 37.9 Å². The highest BCUT2D eigenvalue weighted by Gasteiger charge is 2.33. The molecular formula is C41H45FN8O7. The molecule has 2 aliphatic heterocycles. The predicted molar refractivity (Wildman–Crippen MR) is 208 cm³/mol. The lowest BCUT2D eigenvalue weighted by molar-refractivity contribution is -0.158. The molecule has 0 saturated carbocycles. The normalized spacial score (nSPS) is 19.6. The number of H-pyrrole nitrogens is 2. The summed E-state index contributed by atoms with van der Waals surface area (Å²) in [6, 6.07) is 8.45. The molecule has 57 heavy (non-hydrogen) atoms. The Balaban J connectivity index is 1.30. The Kier molecular flexibility index (Phi) is 11.2. The second kappa shape index (κ2) is 16.4. The highest BCUT2D eigenvalue weighted by Crippen LogP contribution is 2.41. The van der Waals surface area contributed by atoms with Crippen LogP contribution in [0.2, 0.25) is 0 Å². The van der Waals surface area contributed by atoms with Gasteiger partial charge in [0.25, 0.3) is 0 Å². The molecule has 0 bridgehead atoms. The number of nitrogens with zero attached hydrogens (tertiary/aromatic N) is 6. The van der Waals surface area contributed by atoms with E-state index in [1.807, 2.05) is 55.7 Å². The van der Waals surface area contributed by atoms with E-state index in [-0.39, 0.29) is 36.6 Å². The first-order valence-corrected chi connectivity index (χ1v) is 18.9. The number of fused-ring (bicyclic) bond motifs is 3. The van der Waals surface area contributed by atoms with Crippen molar-refractivity contribution in [2.24, 2.45) is 0 Å². The second-order valence-corrected chi connectivity index (χ2v) is 14.4. The molecule has 3 N–H and O–H groups in total. The average Bonchev–Trinajstić information content (AvgIpc) is 4.05. The van der Waals surface area contributed by atoms with E-state index < -0.39 is 23.7 Å². The SMILES string of the molecule is CCCN(Cc1ncc(-c2ccc3c(c2)cc2n3C(c3cc(C(C)C)no3)\C=C(c3cnc(C4CCCN4C(=O)COC)[nH]3)/C=C(F)\C2=C\O)[nH]1)C(=O)C(=O)OC. The first kappa shape index (κ1) is 39.0. The minimum Gasteiger partial charge on any atom is -0.515 e. The molecule has 1 saturated heterocycles. The second-order valence-electron chi connectivity index (χ2n) is 14.4. The van der Waals surface area contributed by atoms with Crippen LogP contribution in [-0.4, -0.2) is 96.3 Å². The van der Waals surface area contributed by atoms with Crippen LogP contribution in [-0.2, 0) is 30.4 Å². The van der Waals surface area contributed by atoms with Crippen LogP contribution in [0.1, 0.15) is 92.5 Å². The summed E-state index contributed by atoms with van der Waals surface area (Å²) in [6.45, 7) is 6.90. The minimum atomic E-state index is -0.945. The van der Waals surface area contributed by atoms with Crippen molar-refractivity contribution in [3.8, 4) is 11.3 Å². The van der Waals surface area contributed by atoms with Gasteiger partial charge in [0.2, 0.25) is 5.91 Å². The summed E-state index contributed by atoms with van der Waals surface area (Å²) in [5.41, 5.74) is 4.19. The number of aromatic amines is 2. The van der Waals surface area contributed by atoms with Gasteiger partial charge in [-0.15, -0.1) is 0 Å². The number of amides is 2. The van der Waals surface area contributed by atoms with Crippen molar-refractivity contribution in [2.45, 2.75) is 64.6 Å². The van der Waals surface area contributed by atoms with Gasteiger partial charge >= 0.3 is 11.9 Å². The van der Waals surface area contributed by atoms with E-state index in [9.17, 15) is 19.5 Å². The van der Waals surface area contributed by atoms with Gasteiger partial charge in [0, 0.05) is 48.3 Å². The molecule has 16 heteroatoms. The third-order valence-corrected chi connectivity index (χ3v) is 10.3. The van der Waals surface area contributed by atoms with E-state index in [0.717, 1.165) is 29.3 Å². The Bertz CT molecular complexity index is 2400. The highest BCUT2D eigenvalue weighted by atomic mass is 19.1. The Morgan fingerprint density at radius 3 is 2.65 bits per heavy atom. The zero-order chi connectivity index (χ0) is 40.4. The van der Waals surface area contributed by atoms with Gasteiger partial charge < -0.3 is 43.4 Å².